The van der Waals surface area contributed by atoms with Crippen molar-refractivity contribution < 1.29 is 9.84 Å². The molecule has 0 radical (unpaired) electrons. The third kappa shape index (κ3) is 4.13. The van der Waals surface area contributed by atoms with E-state index >= 15 is 0 Å². The number of aliphatic hydroxyl groups is 1. The van der Waals surface area contributed by atoms with Gasteiger partial charge in [0.25, 0.3) is 0 Å². The SMILES string of the molecule is COC[C@H](C)Nc1ncc2c(-c3cnn(C4CCC4)c3)cc(C3CCC(C)(O)CC3)n2n1. The van der Waals surface area contributed by atoms with Gasteiger partial charge in [0, 0.05) is 42.1 Å². The van der Waals surface area contributed by atoms with Crippen molar-refractivity contribution in [2.75, 3.05) is 19.0 Å². The summed E-state index contributed by atoms with van der Waals surface area (Å²) in [5.41, 5.74) is 3.86. The monoisotopic (exact) mass is 438 g/mol. The molecule has 0 unspecified atom stereocenters. The van der Waals surface area contributed by atoms with E-state index in [1.54, 1.807) is 7.11 Å². The number of methoxy groups -OCH3 is 1. The summed E-state index contributed by atoms with van der Waals surface area (Å²) in [4.78, 5) is 4.60. The molecule has 2 N–H and O–H groups in total. The van der Waals surface area contributed by atoms with Crippen LogP contribution in [-0.2, 0) is 4.74 Å². The molecule has 3 aromatic rings. The Labute approximate surface area is 189 Å². The molecule has 2 aliphatic carbocycles. The first-order valence-electron chi connectivity index (χ1n) is 11.8. The highest BCUT2D eigenvalue weighted by Crippen LogP contribution is 2.41. The fourth-order valence-corrected chi connectivity index (χ4v) is 4.98. The van der Waals surface area contributed by atoms with Crippen LogP contribution < -0.4 is 5.32 Å². The summed E-state index contributed by atoms with van der Waals surface area (Å²) in [6.45, 7) is 4.58. The Morgan fingerprint density at radius 2 is 2.03 bits per heavy atom. The minimum atomic E-state index is -0.562. The van der Waals surface area contributed by atoms with E-state index in [2.05, 4.69) is 43.8 Å². The predicted molar refractivity (Wildman–Crippen MR) is 124 cm³/mol. The molecule has 0 amide bonds. The maximum atomic E-state index is 10.4. The Morgan fingerprint density at radius 1 is 1.25 bits per heavy atom. The minimum absolute atomic E-state index is 0.112. The fraction of sp³-hybridized carbons (Fsp3) is 0.625. The number of nitrogens with zero attached hydrogens (tertiary/aromatic N) is 5. The predicted octanol–water partition coefficient (Wildman–Crippen LogP) is 4.17. The van der Waals surface area contributed by atoms with Crippen LogP contribution >= 0.6 is 0 Å². The average molecular weight is 439 g/mol. The molecule has 2 aliphatic rings. The van der Waals surface area contributed by atoms with Crippen LogP contribution in [0.25, 0.3) is 16.6 Å². The highest BCUT2D eigenvalue weighted by molar-refractivity contribution is 5.81. The zero-order valence-corrected chi connectivity index (χ0v) is 19.3. The fourth-order valence-electron chi connectivity index (χ4n) is 4.98. The van der Waals surface area contributed by atoms with Crippen molar-refractivity contribution in [3.63, 3.8) is 0 Å². The number of anilines is 1. The quantitative estimate of drug-likeness (QED) is 0.575. The van der Waals surface area contributed by atoms with Gasteiger partial charge in [-0.1, -0.05) is 0 Å². The van der Waals surface area contributed by atoms with Crippen LogP contribution in [0.3, 0.4) is 0 Å². The Kier molecular flexibility index (Phi) is 5.67. The van der Waals surface area contributed by atoms with Crippen LogP contribution in [0.5, 0.6) is 0 Å². The Hall–Kier alpha value is -2.45. The molecule has 32 heavy (non-hydrogen) atoms. The van der Waals surface area contributed by atoms with Gasteiger partial charge in [-0.3, -0.25) is 4.68 Å². The number of hydrogen-bond acceptors (Lipinski definition) is 6. The van der Waals surface area contributed by atoms with Gasteiger partial charge in [-0.2, -0.15) is 5.10 Å². The smallest absolute Gasteiger partial charge is 0.241 e. The van der Waals surface area contributed by atoms with Gasteiger partial charge in [-0.05, 0) is 64.9 Å². The van der Waals surface area contributed by atoms with Gasteiger partial charge in [0.2, 0.25) is 5.95 Å². The van der Waals surface area contributed by atoms with E-state index in [0.29, 0.717) is 24.5 Å². The van der Waals surface area contributed by atoms with Gasteiger partial charge in [0.1, 0.15) is 0 Å². The zero-order valence-electron chi connectivity index (χ0n) is 19.3. The van der Waals surface area contributed by atoms with Crippen LogP contribution in [0.2, 0.25) is 0 Å². The molecule has 0 bridgehead atoms. The van der Waals surface area contributed by atoms with Gasteiger partial charge >= 0.3 is 0 Å². The van der Waals surface area contributed by atoms with Crippen LogP contribution in [0.1, 0.15) is 76.4 Å². The minimum Gasteiger partial charge on any atom is -0.390 e. The molecule has 172 valence electrons. The van der Waals surface area contributed by atoms with Gasteiger partial charge < -0.3 is 15.2 Å². The molecular formula is C24H34N6O2. The molecule has 0 aromatic carbocycles. The van der Waals surface area contributed by atoms with Crippen molar-refractivity contribution in [1.29, 1.82) is 0 Å². The van der Waals surface area contributed by atoms with Crippen molar-refractivity contribution in [2.24, 2.45) is 0 Å². The molecule has 0 spiro atoms. The first-order valence-corrected chi connectivity index (χ1v) is 11.8. The van der Waals surface area contributed by atoms with Crippen molar-refractivity contribution in [3.8, 4) is 11.1 Å². The Bertz CT molecular complexity index is 1070. The van der Waals surface area contributed by atoms with Gasteiger partial charge in [-0.15, -0.1) is 5.10 Å². The maximum absolute atomic E-state index is 10.4. The lowest BCUT2D eigenvalue weighted by atomic mass is 9.78. The average Bonchev–Trinajstić information content (AvgIpc) is 3.32. The summed E-state index contributed by atoms with van der Waals surface area (Å²) < 4.78 is 9.41. The van der Waals surface area contributed by atoms with Crippen LogP contribution in [0.4, 0.5) is 5.95 Å². The van der Waals surface area contributed by atoms with E-state index in [1.165, 1.54) is 25.0 Å². The largest absolute Gasteiger partial charge is 0.390 e. The molecular weight excluding hydrogens is 404 g/mol. The first-order chi connectivity index (χ1) is 15.4. The summed E-state index contributed by atoms with van der Waals surface area (Å²) in [6, 6.07) is 2.91. The summed E-state index contributed by atoms with van der Waals surface area (Å²) in [6.07, 6.45) is 13.3. The third-order valence-electron chi connectivity index (χ3n) is 7.18. The normalized spacial score (nSPS) is 25.1. The van der Waals surface area contributed by atoms with E-state index in [9.17, 15) is 5.11 Å². The summed E-state index contributed by atoms with van der Waals surface area (Å²) in [5, 5.41) is 23.3. The molecule has 3 aromatic heterocycles. The third-order valence-corrected chi connectivity index (χ3v) is 7.18. The number of nitrogens with one attached hydrogen (secondary N) is 1. The molecule has 2 saturated carbocycles. The van der Waals surface area contributed by atoms with E-state index < -0.39 is 5.60 Å². The Morgan fingerprint density at radius 3 is 2.72 bits per heavy atom. The highest BCUT2D eigenvalue weighted by atomic mass is 16.5. The molecule has 8 nitrogen and oxygen atoms in total. The lowest BCUT2D eigenvalue weighted by Crippen LogP contribution is -2.30. The molecule has 3 heterocycles. The van der Waals surface area contributed by atoms with Gasteiger partial charge in [0.15, 0.2) is 0 Å². The molecule has 5 rings (SSSR count). The topological polar surface area (TPSA) is 89.5 Å². The van der Waals surface area contributed by atoms with Crippen LogP contribution in [0, 0.1) is 0 Å². The second kappa shape index (κ2) is 8.48. The van der Waals surface area contributed by atoms with Crippen molar-refractivity contribution in [2.45, 2.75) is 82.4 Å². The summed E-state index contributed by atoms with van der Waals surface area (Å²) >= 11 is 0. The number of fused-ring (bicyclic) bond motifs is 1. The second-order valence-corrected chi connectivity index (χ2v) is 9.93. The van der Waals surface area contributed by atoms with Crippen LogP contribution in [0.15, 0.2) is 24.7 Å². The number of ether oxygens (including phenoxy) is 1. The molecule has 0 aliphatic heterocycles. The van der Waals surface area contributed by atoms with Gasteiger partial charge in [0.05, 0.1) is 36.2 Å². The standard InChI is InChI=1S/C24H34N6O2/c1-16(15-32-3)27-23-25-13-22-20(18-12-26-29(14-18)19-5-4-6-19)11-21(30(22)28-23)17-7-9-24(2,31)10-8-17/h11-14,16-17,19,31H,4-10,15H2,1-3H3,(H,27,28)/t16-,17?,24?/m0/s1. The summed E-state index contributed by atoms with van der Waals surface area (Å²) in [5.74, 6) is 0.954. The Balaban J connectivity index is 1.52. The summed E-state index contributed by atoms with van der Waals surface area (Å²) in [7, 11) is 1.69. The van der Waals surface area contributed by atoms with E-state index in [4.69, 9.17) is 9.84 Å². The zero-order chi connectivity index (χ0) is 22.3. The number of hydrogen-bond donors (Lipinski definition) is 2. The van der Waals surface area contributed by atoms with Crippen molar-refractivity contribution in [3.05, 3.63) is 30.4 Å². The highest BCUT2D eigenvalue weighted by Gasteiger charge is 2.32. The van der Waals surface area contributed by atoms with E-state index in [-0.39, 0.29) is 6.04 Å². The van der Waals surface area contributed by atoms with Crippen molar-refractivity contribution >= 4 is 11.5 Å². The lowest BCUT2D eigenvalue weighted by molar-refractivity contribution is 0.0167. The second-order valence-electron chi connectivity index (χ2n) is 9.93. The molecule has 2 fully saturated rings. The maximum Gasteiger partial charge on any atom is 0.241 e. The molecule has 8 heteroatoms. The molecule has 0 saturated heterocycles. The first kappa shape index (κ1) is 21.4. The van der Waals surface area contributed by atoms with Gasteiger partial charge in [-0.25, -0.2) is 9.50 Å². The van der Waals surface area contributed by atoms with E-state index in [0.717, 1.165) is 42.3 Å². The van der Waals surface area contributed by atoms with E-state index in [1.807, 2.05) is 19.3 Å². The lowest BCUT2D eigenvalue weighted by Gasteiger charge is -2.32. The number of aromatic nitrogens is 5. The molecule has 1 atom stereocenters. The van der Waals surface area contributed by atoms with Crippen LogP contribution in [-0.4, -0.2) is 54.8 Å². The number of rotatable bonds is 7. The van der Waals surface area contributed by atoms with Crippen molar-refractivity contribution in [1.82, 2.24) is 24.4 Å².